The molecule has 0 saturated carbocycles. The van der Waals surface area contributed by atoms with E-state index >= 15 is 0 Å². The van der Waals surface area contributed by atoms with Gasteiger partial charge in [0.1, 0.15) is 18.8 Å². The van der Waals surface area contributed by atoms with Gasteiger partial charge < -0.3 is 20.3 Å². The number of halogens is 1. The monoisotopic (exact) mass is 341 g/mol. The SMILES string of the molecule is O=C(NCC(O)C(O)c1sccc1Cl)OCc1ccccc1. The molecule has 1 heterocycles. The number of aliphatic hydroxyl groups is 2. The Morgan fingerprint density at radius 2 is 2.00 bits per heavy atom. The quantitative estimate of drug-likeness (QED) is 0.755. The van der Waals surface area contributed by atoms with Crippen molar-refractivity contribution in [2.45, 2.75) is 18.8 Å². The van der Waals surface area contributed by atoms with Gasteiger partial charge >= 0.3 is 6.09 Å². The van der Waals surface area contributed by atoms with Crippen molar-refractivity contribution in [1.82, 2.24) is 5.32 Å². The highest BCUT2D eigenvalue weighted by Gasteiger charge is 2.22. The molecule has 22 heavy (non-hydrogen) atoms. The van der Waals surface area contributed by atoms with Gasteiger partial charge in [-0.2, -0.15) is 0 Å². The van der Waals surface area contributed by atoms with E-state index in [-0.39, 0.29) is 13.2 Å². The number of ether oxygens (including phenoxy) is 1. The van der Waals surface area contributed by atoms with Crippen LogP contribution in [0.2, 0.25) is 5.02 Å². The van der Waals surface area contributed by atoms with Crippen molar-refractivity contribution in [2.24, 2.45) is 0 Å². The van der Waals surface area contributed by atoms with Crippen LogP contribution in [0.25, 0.3) is 0 Å². The number of aliphatic hydroxyl groups excluding tert-OH is 2. The van der Waals surface area contributed by atoms with Crippen LogP contribution in [0.4, 0.5) is 4.79 Å². The zero-order valence-electron chi connectivity index (χ0n) is 11.6. The summed E-state index contributed by atoms with van der Waals surface area (Å²) >= 11 is 7.13. The Hall–Kier alpha value is -1.60. The first-order chi connectivity index (χ1) is 10.6. The van der Waals surface area contributed by atoms with Gasteiger partial charge in [0.05, 0.1) is 9.90 Å². The predicted molar refractivity (Wildman–Crippen MR) is 84.9 cm³/mol. The van der Waals surface area contributed by atoms with Crippen molar-refractivity contribution in [1.29, 1.82) is 0 Å². The number of alkyl carbamates (subject to hydrolysis) is 1. The van der Waals surface area contributed by atoms with Gasteiger partial charge in [-0.3, -0.25) is 0 Å². The molecule has 0 radical (unpaired) electrons. The molecule has 1 amide bonds. The maximum atomic E-state index is 11.5. The number of carbonyl (C=O) groups is 1. The van der Waals surface area contributed by atoms with Crippen LogP contribution in [0.5, 0.6) is 0 Å². The van der Waals surface area contributed by atoms with E-state index in [1.165, 1.54) is 11.3 Å². The molecule has 2 atom stereocenters. The topological polar surface area (TPSA) is 78.8 Å². The molecule has 1 aromatic carbocycles. The van der Waals surface area contributed by atoms with E-state index < -0.39 is 18.3 Å². The smallest absolute Gasteiger partial charge is 0.407 e. The lowest BCUT2D eigenvalue weighted by molar-refractivity contribution is 0.0205. The summed E-state index contributed by atoms with van der Waals surface area (Å²) in [6.45, 7) is 0.00505. The average molecular weight is 342 g/mol. The molecule has 7 heteroatoms. The summed E-state index contributed by atoms with van der Waals surface area (Å²) in [5.41, 5.74) is 0.864. The van der Waals surface area contributed by atoms with E-state index in [0.717, 1.165) is 5.56 Å². The summed E-state index contributed by atoms with van der Waals surface area (Å²) in [4.78, 5) is 12.0. The summed E-state index contributed by atoms with van der Waals surface area (Å²) in [6.07, 6.45) is -2.98. The molecular weight excluding hydrogens is 326 g/mol. The Kier molecular flexibility index (Phi) is 6.21. The van der Waals surface area contributed by atoms with Crippen LogP contribution in [-0.4, -0.2) is 29.0 Å². The van der Waals surface area contributed by atoms with Gasteiger partial charge in [0.2, 0.25) is 0 Å². The van der Waals surface area contributed by atoms with Crippen LogP contribution >= 0.6 is 22.9 Å². The highest BCUT2D eigenvalue weighted by Crippen LogP contribution is 2.30. The van der Waals surface area contributed by atoms with Crippen molar-refractivity contribution in [2.75, 3.05) is 6.54 Å². The maximum absolute atomic E-state index is 11.5. The molecule has 0 bridgehead atoms. The molecule has 2 rings (SSSR count). The molecule has 0 fully saturated rings. The number of hydrogen-bond donors (Lipinski definition) is 3. The number of thiophene rings is 1. The second-order valence-electron chi connectivity index (χ2n) is 4.59. The third-order valence-electron chi connectivity index (χ3n) is 2.95. The van der Waals surface area contributed by atoms with E-state index in [2.05, 4.69) is 5.32 Å². The molecule has 0 spiro atoms. The number of carbonyl (C=O) groups excluding carboxylic acids is 1. The molecule has 2 unspecified atom stereocenters. The van der Waals surface area contributed by atoms with Crippen molar-refractivity contribution in [3.8, 4) is 0 Å². The number of benzene rings is 1. The van der Waals surface area contributed by atoms with Gasteiger partial charge in [0.15, 0.2) is 0 Å². The predicted octanol–water partition coefficient (Wildman–Crippen LogP) is 2.72. The van der Waals surface area contributed by atoms with Crippen LogP contribution in [0, 0.1) is 0 Å². The summed E-state index contributed by atoms with van der Waals surface area (Å²) in [7, 11) is 0. The van der Waals surface area contributed by atoms with Gasteiger partial charge in [-0.05, 0) is 17.0 Å². The normalized spacial score (nSPS) is 13.4. The molecule has 5 nitrogen and oxygen atoms in total. The summed E-state index contributed by atoms with van der Waals surface area (Å²) in [6, 6.07) is 10.9. The molecule has 0 saturated heterocycles. The molecule has 2 aromatic rings. The lowest BCUT2D eigenvalue weighted by Gasteiger charge is -2.17. The summed E-state index contributed by atoms with van der Waals surface area (Å²) in [5.74, 6) is 0. The van der Waals surface area contributed by atoms with Crippen LogP contribution in [0.1, 0.15) is 16.5 Å². The van der Waals surface area contributed by atoms with Crippen molar-refractivity contribution in [3.05, 3.63) is 57.2 Å². The van der Waals surface area contributed by atoms with Crippen molar-refractivity contribution >= 4 is 29.0 Å². The lowest BCUT2D eigenvalue weighted by Crippen LogP contribution is -2.35. The lowest BCUT2D eigenvalue weighted by atomic mass is 10.1. The Morgan fingerprint density at radius 1 is 1.27 bits per heavy atom. The average Bonchev–Trinajstić information content (AvgIpc) is 2.96. The molecular formula is C15H16ClNO4S. The van der Waals surface area contributed by atoms with E-state index in [1.807, 2.05) is 30.3 Å². The highest BCUT2D eigenvalue weighted by molar-refractivity contribution is 7.10. The van der Waals surface area contributed by atoms with Crippen LogP contribution in [0.3, 0.4) is 0 Å². The fraction of sp³-hybridized carbons (Fsp3) is 0.267. The van der Waals surface area contributed by atoms with E-state index in [0.29, 0.717) is 9.90 Å². The largest absolute Gasteiger partial charge is 0.445 e. The van der Waals surface area contributed by atoms with Crippen LogP contribution in [-0.2, 0) is 11.3 Å². The minimum absolute atomic E-state index is 0.136. The van der Waals surface area contributed by atoms with Crippen LogP contribution < -0.4 is 5.32 Å². The molecule has 1 aromatic heterocycles. The van der Waals surface area contributed by atoms with Gasteiger partial charge in [0, 0.05) is 6.54 Å². The van der Waals surface area contributed by atoms with Crippen LogP contribution in [0.15, 0.2) is 41.8 Å². The first kappa shape index (κ1) is 16.8. The van der Waals surface area contributed by atoms with E-state index in [9.17, 15) is 15.0 Å². The third kappa shape index (κ3) is 4.71. The number of nitrogens with one attached hydrogen (secondary N) is 1. The zero-order chi connectivity index (χ0) is 15.9. The standard InChI is InChI=1S/C15H16ClNO4S/c16-11-6-7-22-14(11)13(19)12(18)8-17-15(20)21-9-10-4-2-1-3-5-10/h1-7,12-13,18-19H,8-9H2,(H,17,20). The fourth-order valence-corrected chi connectivity index (χ4v) is 2.98. The Morgan fingerprint density at radius 3 is 2.64 bits per heavy atom. The Labute approximate surface area is 137 Å². The first-order valence-corrected chi connectivity index (χ1v) is 7.87. The van der Waals surface area contributed by atoms with Gasteiger partial charge in [-0.15, -0.1) is 11.3 Å². The summed E-state index contributed by atoms with van der Waals surface area (Å²) < 4.78 is 5.01. The van der Waals surface area contributed by atoms with Gasteiger partial charge in [-0.1, -0.05) is 41.9 Å². The van der Waals surface area contributed by atoms with Gasteiger partial charge in [-0.25, -0.2) is 4.79 Å². The second-order valence-corrected chi connectivity index (χ2v) is 5.94. The minimum atomic E-state index is -1.17. The molecule has 118 valence electrons. The Bertz CT molecular complexity index is 605. The van der Waals surface area contributed by atoms with E-state index in [1.54, 1.807) is 11.4 Å². The van der Waals surface area contributed by atoms with Gasteiger partial charge in [0.25, 0.3) is 0 Å². The molecule has 3 N–H and O–H groups in total. The first-order valence-electron chi connectivity index (χ1n) is 6.61. The maximum Gasteiger partial charge on any atom is 0.407 e. The Balaban J connectivity index is 1.75. The molecule has 0 aliphatic rings. The molecule has 0 aliphatic heterocycles. The van der Waals surface area contributed by atoms with E-state index in [4.69, 9.17) is 16.3 Å². The number of amides is 1. The fourth-order valence-electron chi connectivity index (χ4n) is 1.76. The number of rotatable bonds is 6. The third-order valence-corrected chi connectivity index (χ3v) is 4.38. The minimum Gasteiger partial charge on any atom is -0.445 e. The second kappa shape index (κ2) is 8.14. The summed E-state index contributed by atoms with van der Waals surface area (Å²) in [5, 5.41) is 24.4. The molecule has 0 aliphatic carbocycles. The zero-order valence-corrected chi connectivity index (χ0v) is 13.2. The highest BCUT2D eigenvalue weighted by atomic mass is 35.5. The van der Waals surface area contributed by atoms with Crippen molar-refractivity contribution in [3.63, 3.8) is 0 Å². The van der Waals surface area contributed by atoms with Crippen molar-refractivity contribution < 1.29 is 19.7 Å². The number of hydrogen-bond acceptors (Lipinski definition) is 5.